The molecule has 0 spiro atoms. The number of anilines is 1. The van der Waals surface area contributed by atoms with Gasteiger partial charge < -0.3 is 21.1 Å². The second kappa shape index (κ2) is 13.5. The fourth-order valence-electron chi connectivity index (χ4n) is 5.38. The molecular formula is C36H32F3N5O3. The second-order valence-electron chi connectivity index (χ2n) is 11.5. The smallest absolute Gasteiger partial charge is 0.435 e. The maximum absolute atomic E-state index is 13.7. The van der Waals surface area contributed by atoms with Crippen LogP contribution in [0.1, 0.15) is 51.8 Å². The van der Waals surface area contributed by atoms with Crippen LogP contribution in [0.4, 0.5) is 23.7 Å². The van der Waals surface area contributed by atoms with Crippen LogP contribution >= 0.6 is 0 Å². The highest BCUT2D eigenvalue weighted by Crippen LogP contribution is 2.33. The van der Waals surface area contributed by atoms with Crippen LogP contribution in [0.5, 0.6) is 0 Å². The second-order valence-corrected chi connectivity index (χ2v) is 11.5. The van der Waals surface area contributed by atoms with Gasteiger partial charge in [-0.3, -0.25) is 4.79 Å². The molecule has 11 heteroatoms. The Labute approximate surface area is 269 Å². The Morgan fingerprint density at radius 1 is 0.851 bits per heavy atom. The molecule has 8 nitrogen and oxygen atoms in total. The van der Waals surface area contributed by atoms with Crippen LogP contribution in [0.15, 0.2) is 109 Å². The SMILES string of the molecule is O=C(O)NCc1cccc(-n2nc(C(F)(F)F)cc2C(=O)Nc2cccc(C(NCC3CC3)c3ccc(-c4ccccc4)cc3)c2)c1. The van der Waals surface area contributed by atoms with Crippen LogP contribution in [0.3, 0.4) is 0 Å². The van der Waals surface area contributed by atoms with E-state index in [0.29, 0.717) is 23.2 Å². The summed E-state index contributed by atoms with van der Waals surface area (Å²) in [6.45, 7) is 0.762. The Morgan fingerprint density at radius 3 is 2.28 bits per heavy atom. The lowest BCUT2D eigenvalue weighted by Crippen LogP contribution is -2.25. The Kier molecular flexibility index (Phi) is 9.08. The maximum atomic E-state index is 13.7. The summed E-state index contributed by atoms with van der Waals surface area (Å²) < 4.78 is 42.2. The standard InChI is InChI=1S/C36H32F3N5O3/c37-36(38,39)32-20-31(44(43-32)30-11-4-6-24(18-30)22-41-35(46)47)34(45)42-29-10-5-9-28(19-29)33(40-21-23-12-13-23)27-16-14-26(15-17-27)25-7-2-1-3-8-25/h1-11,14-20,23,33,40-41H,12-13,21-22H2,(H,42,45)(H,46,47). The van der Waals surface area contributed by atoms with E-state index in [1.165, 1.54) is 25.0 Å². The number of rotatable bonds is 11. The molecule has 4 N–H and O–H groups in total. The quantitative estimate of drug-likeness (QED) is 0.119. The summed E-state index contributed by atoms with van der Waals surface area (Å²) in [4.78, 5) is 24.5. The van der Waals surface area contributed by atoms with Crippen LogP contribution in [-0.2, 0) is 12.7 Å². The lowest BCUT2D eigenvalue weighted by molar-refractivity contribution is -0.141. The number of alkyl halides is 3. The van der Waals surface area contributed by atoms with Crippen molar-refractivity contribution in [1.29, 1.82) is 0 Å². The molecule has 5 aromatic rings. The maximum Gasteiger partial charge on any atom is 0.435 e. The molecule has 1 saturated carbocycles. The summed E-state index contributed by atoms with van der Waals surface area (Å²) in [7, 11) is 0. The highest BCUT2D eigenvalue weighted by molar-refractivity contribution is 6.03. The van der Waals surface area contributed by atoms with Crippen LogP contribution in [0.2, 0.25) is 0 Å². The van der Waals surface area contributed by atoms with E-state index >= 15 is 0 Å². The molecule has 1 aliphatic rings. The van der Waals surface area contributed by atoms with E-state index in [1.54, 1.807) is 24.3 Å². The topological polar surface area (TPSA) is 108 Å². The lowest BCUT2D eigenvalue weighted by atomic mass is 9.95. The van der Waals surface area contributed by atoms with Gasteiger partial charge in [0.2, 0.25) is 0 Å². The number of carboxylic acid groups (broad SMARTS) is 1. The first-order valence-corrected chi connectivity index (χ1v) is 15.2. The number of halogens is 3. The normalized spacial score (nSPS) is 13.6. The number of benzene rings is 4. The fraction of sp³-hybridized carbons (Fsp3) is 0.194. The molecule has 1 fully saturated rings. The number of carbonyl (C=O) groups excluding carboxylic acids is 1. The molecule has 4 aromatic carbocycles. The number of hydrogen-bond acceptors (Lipinski definition) is 4. The highest BCUT2D eigenvalue weighted by atomic mass is 19.4. The number of aromatic nitrogens is 2. The van der Waals surface area contributed by atoms with Crippen molar-refractivity contribution in [3.63, 3.8) is 0 Å². The summed E-state index contributed by atoms with van der Waals surface area (Å²) in [6, 6.07) is 32.3. The Hall–Kier alpha value is -5.42. The van der Waals surface area contributed by atoms with Crippen molar-refractivity contribution >= 4 is 17.7 Å². The molecule has 0 aliphatic heterocycles. The Balaban J connectivity index is 1.27. The molecule has 1 heterocycles. The minimum absolute atomic E-state index is 0.0736. The molecule has 0 radical (unpaired) electrons. The molecule has 47 heavy (non-hydrogen) atoms. The van der Waals surface area contributed by atoms with E-state index in [0.717, 1.165) is 33.5 Å². The van der Waals surface area contributed by atoms with Gasteiger partial charge >= 0.3 is 12.3 Å². The minimum atomic E-state index is -4.79. The lowest BCUT2D eigenvalue weighted by Gasteiger charge is -2.21. The largest absolute Gasteiger partial charge is 0.465 e. The van der Waals surface area contributed by atoms with Gasteiger partial charge in [0.05, 0.1) is 11.7 Å². The number of nitrogens with one attached hydrogen (secondary N) is 3. The molecule has 2 amide bonds. The van der Waals surface area contributed by atoms with Crippen molar-refractivity contribution in [2.45, 2.75) is 31.6 Å². The zero-order valence-electron chi connectivity index (χ0n) is 25.2. The average molecular weight is 640 g/mol. The van der Waals surface area contributed by atoms with Crippen molar-refractivity contribution < 1.29 is 27.9 Å². The van der Waals surface area contributed by atoms with E-state index in [4.69, 9.17) is 5.11 Å². The summed E-state index contributed by atoms with van der Waals surface area (Å²) in [5.41, 5.74) is 3.64. The Bertz CT molecular complexity index is 1870. The van der Waals surface area contributed by atoms with Crippen LogP contribution in [-0.4, -0.2) is 33.4 Å². The third-order valence-electron chi connectivity index (χ3n) is 7.97. The van der Waals surface area contributed by atoms with Crippen molar-refractivity contribution in [3.05, 3.63) is 137 Å². The zero-order chi connectivity index (χ0) is 33.0. The van der Waals surface area contributed by atoms with Gasteiger partial charge in [0, 0.05) is 18.3 Å². The zero-order valence-corrected chi connectivity index (χ0v) is 25.2. The molecule has 0 saturated heterocycles. The number of carbonyl (C=O) groups is 2. The van der Waals surface area contributed by atoms with Crippen LogP contribution in [0, 0.1) is 5.92 Å². The van der Waals surface area contributed by atoms with Crippen LogP contribution < -0.4 is 16.0 Å². The molecule has 0 bridgehead atoms. The molecule has 6 rings (SSSR count). The van der Waals surface area contributed by atoms with E-state index in [-0.39, 0.29) is 24.0 Å². The summed E-state index contributed by atoms with van der Waals surface area (Å²) in [5, 5.41) is 21.3. The third kappa shape index (κ3) is 7.87. The van der Waals surface area contributed by atoms with Gasteiger partial charge in [-0.15, -0.1) is 0 Å². The molecule has 1 unspecified atom stereocenters. The van der Waals surface area contributed by atoms with Gasteiger partial charge in [-0.25, -0.2) is 9.48 Å². The molecule has 1 aliphatic carbocycles. The Morgan fingerprint density at radius 2 is 1.57 bits per heavy atom. The van der Waals surface area contributed by atoms with E-state index < -0.39 is 23.9 Å². The molecular weight excluding hydrogens is 607 g/mol. The predicted octanol–water partition coefficient (Wildman–Crippen LogP) is 7.67. The third-order valence-corrected chi connectivity index (χ3v) is 7.97. The summed E-state index contributed by atoms with van der Waals surface area (Å²) in [5.74, 6) is -0.167. The van der Waals surface area contributed by atoms with E-state index in [2.05, 4.69) is 57.4 Å². The predicted molar refractivity (Wildman–Crippen MR) is 172 cm³/mol. The van der Waals surface area contributed by atoms with E-state index in [1.807, 2.05) is 30.3 Å². The number of hydrogen-bond donors (Lipinski definition) is 4. The molecule has 1 atom stereocenters. The molecule has 1 aromatic heterocycles. The van der Waals surface area contributed by atoms with E-state index in [9.17, 15) is 22.8 Å². The summed E-state index contributed by atoms with van der Waals surface area (Å²) >= 11 is 0. The van der Waals surface area contributed by atoms with Crippen LogP contribution in [0.25, 0.3) is 16.8 Å². The number of nitrogens with zero attached hydrogens (tertiary/aromatic N) is 2. The molecule has 240 valence electrons. The van der Waals surface area contributed by atoms with Gasteiger partial charge in [0.15, 0.2) is 5.69 Å². The summed E-state index contributed by atoms with van der Waals surface area (Å²) in [6.07, 6.45) is -3.69. The average Bonchev–Trinajstić information content (AvgIpc) is 3.78. The number of amides is 2. The van der Waals surface area contributed by atoms with Crippen molar-refractivity contribution in [2.75, 3.05) is 11.9 Å². The van der Waals surface area contributed by atoms with Gasteiger partial charge in [-0.05, 0) is 77.4 Å². The van der Waals surface area contributed by atoms with Crippen molar-refractivity contribution in [1.82, 2.24) is 20.4 Å². The van der Waals surface area contributed by atoms with Crippen molar-refractivity contribution in [2.24, 2.45) is 5.92 Å². The van der Waals surface area contributed by atoms with Crippen molar-refractivity contribution in [3.8, 4) is 16.8 Å². The van der Waals surface area contributed by atoms with Gasteiger partial charge in [0.25, 0.3) is 5.91 Å². The first-order chi connectivity index (χ1) is 22.6. The minimum Gasteiger partial charge on any atom is -0.465 e. The fourth-order valence-corrected chi connectivity index (χ4v) is 5.38. The van der Waals surface area contributed by atoms with Gasteiger partial charge in [0.1, 0.15) is 5.69 Å². The monoisotopic (exact) mass is 639 g/mol. The highest BCUT2D eigenvalue weighted by Gasteiger charge is 2.36. The first kappa shape index (κ1) is 31.6. The van der Waals surface area contributed by atoms with Gasteiger partial charge in [-0.1, -0.05) is 78.9 Å². The first-order valence-electron chi connectivity index (χ1n) is 15.2. The van der Waals surface area contributed by atoms with Gasteiger partial charge in [-0.2, -0.15) is 18.3 Å².